The van der Waals surface area contributed by atoms with Crippen LogP contribution in [-0.4, -0.2) is 37.9 Å². The Hall–Kier alpha value is -1.80. The molecule has 3 aromatic carbocycles. The topological polar surface area (TPSA) is 95.9 Å². The molecule has 3 rings (SSSR count). The summed E-state index contributed by atoms with van der Waals surface area (Å²) >= 11 is 1.20. The van der Waals surface area contributed by atoms with Crippen molar-refractivity contribution in [3.8, 4) is 28.7 Å². The first-order valence-corrected chi connectivity index (χ1v) is 16.9. The van der Waals surface area contributed by atoms with Crippen molar-refractivity contribution in [2.75, 3.05) is 19.8 Å². The average molecular weight is 633 g/mol. The summed E-state index contributed by atoms with van der Waals surface area (Å²) in [6.07, 6.45) is 8.02. The number of aliphatic hydroxyl groups excluding tert-OH is 1. The van der Waals surface area contributed by atoms with Gasteiger partial charge in [0.05, 0.1) is 11.5 Å². The van der Waals surface area contributed by atoms with Crippen LogP contribution in [0.3, 0.4) is 0 Å². The molecule has 3 aromatic rings. The van der Waals surface area contributed by atoms with Gasteiger partial charge in [-0.2, -0.15) is 0 Å². The van der Waals surface area contributed by atoms with Gasteiger partial charge in [-0.05, 0) is 60.4 Å². The van der Waals surface area contributed by atoms with Crippen LogP contribution in [0.5, 0.6) is 5.75 Å². The number of ether oxygens (including phenoxy) is 2. The predicted molar refractivity (Wildman–Crippen MR) is 168 cm³/mol. The maximum absolute atomic E-state index is 12.3. The van der Waals surface area contributed by atoms with Crippen LogP contribution in [0.15, 0.2) is 81.4 Å². The molecule has 0 heterocycles. The first kappa shape index (κ1) is 37.4. The second-order valence-electron chi connectivity index (χ2n) is 10.0. The molecule has 0 aromatic heterocycles. The first-order chi connectivity index (χ1) is 20.3. The fourth-order valence-corrected chi connectivity index (χ4v) is 6.18. The van der Waals surface area contributed by atoms with E-state index in [1.807, 2.05) is 24.3 Å². The third kappa shape index (κ3) is 13.0. The SMILES string of the molecule is CCCCCCCCOCC#CC(O)c1ccccc1-c1ccc(Sc2ccc(OCCCC)cc2)c(S(=O)(=O)[O-])c1.[Na+]. The zero-order chi connectivity index (χ0) is 30.2. The minimum Gasteiger partial charge on any atom is -0.744 e. The van der Waals surface area contributed by atoms with Crippen LogP contribution >= 0.6 is 11.8 Å². The van der Waals surface area contributed by atoms with Crippen molar-refractivity contribution in [3.05, 3.63) is 72.3 Å². The Morgan fingerprint density at radius 3 is 2.30 bits per heavy atom. The number of rotatable bonds is 17. The molecule has 0 amide bonds. The van der Waals surface area contributed by atoms with Crippen LogP contribution in [0.4, 0.5) is 0 Å². The number of hydrogen-bond acceptors (Lipinski definition) is 7. The minimum atomic E-state index is -4.78. The average Bonchev–Trinajstić information content (AvgIpc) is 2.98. The molecule has 9 heteroatoms. The van der Waals surface area contributed by atoms with Crippen molar-refractivity contribution in [2.45, 2.75) is 86.0 Å². The third-order valence-corrected chi connectivity index (χ3v) is 8.74. The van der Waals surface area contributed by atoms with Gasteiger partial charge in [-0.1, -0.05) is 106 Å². The summed E-state index contributed by atoms with van der Waals surface area (Å²) in [6.45, 7) is 5.80. The Morgan fingerprint density at radius 1 is 0.884 bits per heavy atom. The van der Waals surface area contributed by atoms with Crippen molar-refractivity contribution in [3.63, 3.8) is 0 Å². The summed E-state index contributed by atoms with van der Waals surface area (Å²) in [6, 6.07) is 19.2. The van der Waals surface area contributed by atoms with Crippen molar-refractivity contribution in [1.82, 2.24) is 0 Å². The summed E-state index contributed by atoms with van der Waals surface area (Å²) in [5, 5.41) is 10.8. The van der Waals surface area contributed by atoms with E-state index in [1.165, 1.54) is 43.5 Å². The molecule has 43 heavy (non-hydrogen) atoms. The number of unbranched alkanes of at least 4 members (excludes halogenated alkanes) is 6. The van der Waals surface area contributed by atoms with E-state index in [0.29, 0.717) is 34.8 Å². The van der Waals surface area contributed by atoms with Gasteiger partial charge in [0.25, 0.3) is 0 Å². The molecule has 1 unspecified atom stereocenters. The summed E-state index contributed by atoms with van der Waals surface area (Å²) in [7, 11) is -4.78. The molecule has 0 fully saturated rings. The van der Waals surface area contributed by atoms with Gasteiger partial charge in [0.2, 0.25) is 0 Å². The molecule has 0 aliphatic carbocycles. The van der Waals surface area contributed by atoms with Crippen LogP contribution in [-0.2, 0) is 14.9 Å². The van der Waals surface area contributed by atoms with Crippen LogP contribution in [0, 0.1) is 11.8 Å². The molecule has 0 aliphatic heterocycles. The second kappa shape index (κ2) is 20.3. The number of aliphatic hydroxyl groups is 1. The van der Waals surface area contributed by atoms with E-state index in [2.05, 4.69) is 25.7 Å². The summed E-state index contributed by atoms with van der Waals surface area (Å²) in [5.74, 6) is 6.45. The van der Waals surface area contributed by atoms with Crippen molar-refractivity contribution >= 4 is 21.9 Å². The smallest absolute Gasteiger partial charge is 0.744 e. The van der Waals surface area contributed by atoms with Crippen LogP contribution in [0.1, 0.15) is 76.9 Å². The predicted octanol–water partition coefficient (Wildman–Crippen LogP) is 5.01. The van der Waals surface area contributed by atoms with E-state index < -0.39 is 16.2 Å². The van der Waals surface area contributed by atoms with E-state index >= 15 is 0 Å². The molecule has 0 bridgehead atoms. The van der Waals surface area contributed by atoms with Crippen molar-refractivity contribution in [1.29, 1.82) is 0 Å². The molecule has 6 nitrogen and oxygen atoms in total. The van der Waals surface area contributed by atoms with Crippen molar-refractivity contribution < 1.29 is 57.1 Å². The zero-order valence-electron chi connectivity index (χ0n) is 25.5. The van der Waals surface area contributed by atoms with Gasteiger partial charge in [-0.15, -0.1) is 0 Å². The van der Waals surface area contributed by atoms with E-state index in [1.54, 1.807) is 36.4 Å². The largest absolute Gasteiger partial charge is 1.00 e. The number of hydrogen-bond donors (Lipinski definition) is 1. The summed E-state index contributed by atoms with van der Waals surface area (Å²) in [4.78, 5) is 0.792. The number of benzene rings is 3. The molecule has 0 spiro atoms. The van der Waals surface area contributed by atoms with Gasteiger partial charge in [-0.25, -0.2) is 8.42 Å². The standard InChI is InChI=1S/C34H42O6S2.Na/c1-3-5-7-8-9-12-23-39-24-13-16-32(35)31-15-11-10-14-30(31)27-17-22-33(34(26-27)42(36,37)38)41-29-20-18-28(19-21-29)40-25-6-4-2;/h10-11,14-15,17-22,26,32,35H,3-9,12,23-25H2,1-2H3,(H,36,37,38);/q;+1/p-1. The molecule has 1 atom stereocenters. The molecule has 226 valence electrons. The van der Waals surface area contributed by atoms with Crippen molar-refractivity contribution in [2.24, 2.45) is 0 Å². The molecule has 0 radical (unpaired) electrons. The van der Waals surface area contributed by atoms with Gasteiger partial charge in [0.15, 0.2) is 0 Å². The Kier molecular flexibility index (Phi) is 17.6. The third-order valence-electron chi connectivity index (χ3n) is 6.65. The summed E-state index contributed by atoms with van der Waals surface area (Å²) < 4.78 is 48.1. The second-order valence-corrected chi connectivity index (χ2v) is 12.5. The maximum atomic E-state index is 12.3. The van der Waals surface area contributed by atoms with Crippen LogP contribution in [0.2, 0.25) is 0 Å². The Balaban J connectivity index is 0.00000645. The quantitative estimate of drug-likeness (QED) is 0.0968. The van der Waals surface area contributed by atoms with Crippen LogP contribution in [0.25, 0.3) is 11.1 Å². The molecular weight excluding hydrogens is 591 g/mol. The molecular formula is C34H41NaO6S2. The van der Waals surface area contributed by atoms with E-state index in [4.69, 9.17) is 9.47 Å². The maximum Gasteiger partial charge on any atom is 1.00 e. The molecule has 0 saturated carbocycles. The summed E-state index contributed by atoms with van der Waals surface area (Å²) in [5.41, 5.74) is 1.63. The van der Waals surface area contributed by atoms with Gasteiger partial charge in [-0.3, -0.25) is 0 Å². The van der Waals surface area contributed by atoms with Gasteiger partial charge < -0.3 is 19.1 Å². The minimum absolute atomic E-state index is 0. The first-order valence-electron chi connectivity index (χ1n) is 14.7. The zero-order valence-corrected chi connectivity index (χ0v) is 29.1. The van der Waals surface area contributed by atoms with Crippen LogP contribution < -0.4 is 34.3 Å². The van der Waals surface area contributed by atoms with Gasteiger partial charge in [0.1, 0.15) is 28.6 Å². The Morgan fingerprint density at radius 2 is 1.58 bits per heavy atom. The van der Waals surface area contributed by atoms with Gasteiger partial charge >= 0.3 is 29.6 Å². The molecule has 0 aliphatic rings. The van der Waals surface area contributed by atoms with Gasteiger partial charge in [0, 0.05) is 22.0 Å². The monoisotopic (exact) mass is 632 g/mol. The fraction of sp³-hybridized carbons (Fsp3) is 0.412. The van der Waals surface area contributed by atoms with E-state index in [-0.39, 0.29) is 41.1 Å². The molecule has 0 saturated heterocycles. The normalized spacial score (nSPS) is 11.7. The van der Waals surface area contributed by atoms with E-state index in [9.17, 15) is 18.1 Å². The Bertz CT molecular complexity index is 1410. The van der Waals surface area contributed by atoms with E-state index in [0.717, 1.165) is 36.3 Å². The molecule has 1 N–H and O–H groups in total. The Labute approximate surface area is 284 Å². The fourth-order valence-electron chi connectivity index (χ4n) is 4.34.